The van der Waals surface area contributed by atoms with Gasteiger partial charge in [0.05, 0.1) is 24.8 Å². The maximum Gasteiger partial charge on any atom is 0.336 e. The second-order valence-electron chi connectivity index (χ2n) is 5.02. The van der Waals surface area contributed by atoms with E-state index in [2.05, 4.69) is 0 Å². The highest BCUT2D eigenvalue weighted by Crippen LogP contribution is 2.32. The summed E-state index contributed by atoms with van der Waals surface area (Å²) in [4.78, 5) is 21.2. The Morgan fingerprint density at radius 2 is 1.62 bits per heavy atom. The molecule has 8 nitrogen and oxygen atoms in total. The summed E-state index contributed by atoms with van der Waals surface area (Å²) in [6.07, 6.45) is 0. The van der Waals surface area contributed by atoms with Crippen LogP contribution in [0.1, 0.15) is 33.2 Å². The smallest absolute Gasteiger partial charge is 0.336 e. The third kappa shape index (κ3) is 5.04. The summed E-state index contributed by atoms with van der Waals surface area (Å²) in [6.45, 7) is 3.76. The fourth-order valence-corrected chi connectivity index (χ4v) is 2.05. The zero-order chi connectivity index (χ0) is 19.9. The summed E-state index contributed by atoms with van der Waals surface area (Å²) < 4.78 is 9.87. The Hall–Kier alpha value is -3.42. The number of benzene rings is 2. The molecule has 0 fully saturated rings. The van der Waals surface area contributed by atoms with Gasteiger partial charge in [0, 0.05) is 5.56 Å². The van der Waals surface area contributed by atoms with Gasteiger partial charge in [-0.1, -0.05) is 0 Å². The molecule has 0 radical (unpaired) electrons. The zero-order valence-corrected chi connectivity index (χ0v) is 14.5. The van der Waals surface area contributed by atoms with Gasteiger partial charge in [-0.05, 0) is 44.2 Å². The molecule has 0 saturated heterocycles. The second kappa shape index (κ2) is 9.16. The first-order valence-corrected chi connectivity index (χ1v) is 7.51. The van der Waals surface area contributed by atoms with Crippen molar-refractivity contribution in [1.29, 1.82) is 0 Å². The van der Waals surface area contributed by atoms with E-state index in [0.717, 1.165) is 0 Å². The van der Waals surface area contributed by atoms with Crippen molar-refractivity contribution in [3.63, 3.8) is 0 Å². The number of phenolic OH excluding ortho intramolecular Hbond substituents is 2. The summed E-state index contributed by atoms with van der Waals surface area (Å²) in [5.74, 6) is -1.77. The van der Waals surface area contributed by atoms with Crippen molar-refractivity contribution >= 4 is 11.9 Å². The molecule has 0 saturated carbocycles. The third-order valence-corrected chi connectivity index (χ3v) is 3.33. The lowest BCUT2D eigenvalue weighted by molar-refractivity contribution is 0.0685. The maximum atomic E-state index is 10.8. The van der Waals surface area contributed by atoms with Crippen LogP contribution in [0.4, 0.5) is 0 Å². The molecule has 0 atom stereocenters. The van der Waals surface area contributed by atoms with E-state index in [1.54, 1.807) is 13.8 Å². The van der Waals surface area contributed by atoms with Crippen molar-refractivity contribution in [1.82, 2.24) is 0 Å². The van der Waals surface area contributed by atoms with Crippen molar-refractivity contribution in [2.75, 3.05) is 13.7 Å². The first-order chi connectivity index (χ1) is 12.2. The average molecular weight is 364 g/mol. The van der Waals surface area contributed by atoms with Gasteiger partial charge in [0.1, 0.15) is 0 Å². The van der Waals surface area contributed by atoms with E-state index in [1.165, 1.54) is 37.4 Å². The predicted octanol–water partition coefficient (Wildman–Crippen LogP) is 2.90. The summed E-state index contributed by atoms with van der Waals surface area (Å²) >= 11 is 0. The van der Waals surface area contributed by atoms with E-state index in [9.17, 15) is 14.7 Å². The van der Waals surface area contributed by atoms with E-state index in [-0.39, 0.29) is 34.1 Å². The monoisotopic (exact) mass is 364 g/mol. The molecule has 140 valence electrons. The van der Waals surface area contributed by atoms with Gasteiger partial charge in [-0.2, -0.15) is 0 Å². The summed E-state index contributed by atoms with van der Waals surface area (Å²) in [5.41, 5.74) is 0.676. The van der Waals surface area contributed by atoms with Gasteiger partial charge in [0.15, 0.2) is 23.0 Å². The molecule has 0 aliphatic rings. The number of ether oxygens (including phenoxy) is 2. The molecule has 8 heteroatoms. The Kier molecular flexibility index (Phi) is 7.27. The van der Waals surface area contributed by atoms with Crippen molar-refractivity contribution in [3.05, 3.63) is 47.0 Å². The summed E-state index contributed by atoms with van der Waals surface area (Å²) in [7, 11) is 1.36. The molecule has 0 aromatic heterocycles. The number of methoxy groups -OCH3 is 1. The van der Waals surface area contributed by atoms with Crippen LogP contribution in [0.2, 0.25) is 0 Å². The largest absolute Gasteiger partial charge is 0.504 e. The Morgan fingerprint density at radius 1 is 1.00 bits per heavy atom. The van der Waals surface area contributed by atoms with Crippen LogP contribution in [0.15, 0.2) is 30.3 Å². The van der Waals surface area contributed by atoms with Gasteiger partial charge in [0.2, 0.25) is 0 Å². The highest BCUT2D eigenvalue weighted by molar-refractivity contribution is 5.90. The minimum atomic E-state index is -1.05. The van der Waals surface area contributed by atoms with Crippen molar-refractivity contribution < 1.29 is 39.5 Å². The minimum absolute atomic E-state index is 0.0330. The number of phenols is 2. The molecule has 2 aromatic carbocycles. The first kappa shape index (κ1) is 20.6. The molecule has 0 bridgehead atoms. The molecule has 26 heavy (non-hydrogen) atoms. The molecular weight excluding hydrogens is 344 g/mol. The maximum absolute atomic E-state index is 10.8. The predicted molar refractivity (Wildman–Crippen MR) is 92.6 cm³/mol. The standard InChI is InChI=1S/C10H12O4.C8H8O4/c1-3-14-9-6(2)7(10(12)13)4-5-8(9)11;1-12-7-4-5(8(10)11)2-3-6(7)9/h4-5,11H,3H2,1-2H3,(H,12,13);2-4,9H,1H3,(H,10,11). The van der Waals surface area contributed by atoms with Gasteiger partial charge in [-0.25, -0.2) is 9.59 Å². The van der Waals surface area contributed by atoms with Crippen molar-refractivity contribution in [2.24, 2.45) is 0 Å². The molecule has 0 aliphatic carbocycles. The van der Waals surface area contributed by atoms with Gasteiger partial charge >= 0.3 is 11.9 Å². The number of rotatable bonds is 5. The summed E-state index contributed by atoms with van der Waals surface area (Å²) in [5, 5.41) is 35.9. The van der Waals surface area contributed by atoms with Crippen LogP contribution in [0.3, 0.4) is 0 Å². The molecule has 0 heterocycles. The van der Waals surface area contributed by atoms with Crippen molar-refractivity contribution in [2.45, 2.75) is 13.8 Å². The zero-order valence-electron chi connectivity index (χ0n) is 14.5. The Morgan fingerprint density at radius 3 is 2.12 bits per heavy atom. The minimum Gasteiger partial charge on any atom is -0.504 e. The number of carboxylic acid groups (broad SMARTS) is 2. The average Bonchev–Trinajstić information content (AvgIpc) is 2.59. The molecule has 0 spiro atoms. The van der Waals surface area contributed by atoms with E-state index < -0.39 is 11.9 Å². The molecule has 2 rings (SSSR count). The van der Waals surface area contributed by atoms with Crippen LogP contribution in [-0.4, -0.2) is 46.1 Å². The lowest BCUT2D eigenvalue weighted by atomic mass is 10.1. The van der Waals surface area contributed by atoms with Crippen LogP contribution in [0.25, 0.3) is 0 Å². The van der Waals surface area contributed by atoms with E-state index >= 15 is 0 Å². The Labute approximate surface area is 149 Å². The third-order valence-electron chi connectivity index (χ3n) is 3.33. The first-order valence-electron chi connectivity index (χ1n) is 7.51. The van der Waals surface area contributed by atoms with Gasteiger partial charge in [-0.3, -0.25) is 0 Å². The molecule has 2 aromatic rings. The van der Waals surface area contributed by atoms with Gasteiger partial charge in [-0.15, -0.1) is 0 Å². The Balaban J connectivity index is 0.000000263. The topological polar surface area (TPSA) is 134 Å². The molecular formula is C18H20O8. The van der Waals surface area contributed by atoms with Crippen LogP contribution in [-0.2, 0) is 0 Å². The second-order valence-corrected chi connectivity index (χ2v) is 5.02. The van der Waals surface area contributed by atoms with Crippen LogP contribution >= 0.6 is 0 Å². The van der Waals surface area contributed by atoms with Gasteiger partial charge in [0.25, 0.3) is 0 Å². The quantitative estimate of drug-likeness (QED) is 0.636. The number of hydrogen-bond acceptors (Lipinski definition) is 6. The molecule has 0 amide bonds. The van der Waals surface area contributed by atoms with E-state index in [1.807, 2.05) is 0 Å². The van der Waals surface area contributed by atoms with Crippen molar-refractivity contribution in [3.8, 4) is 23.0 Å². The summed E-state index contributed by atoms with van der Waals surface area (Å²) in [6, 6.07) is 6.52. The van der Waals surface area contributed by atoms with E-state index in [4.69, 9.17) is 24.8 Å². The number of aromatic carboxylic acids is 2. The fourth-order valence-electron chi connectivity index (χ4n) is 2.05. The van der Waals surface area contributed by atoms with Crippen LogP contribution < -0.4 is 9.47 Å². The highest BCUT2D eigenvalue weighted by atomic mass is 16.5. The SMILES string of the molecule is CCOc1c(O)ccc(C(=O)O)c1C.COc1cc(C(=O)O)ccc1O. The fraction of sp³-hybridized carbons (Fsp3) is 0.222. The normalized spacial score (nSPS) is 9.65. The van der Waals surface area contributed by atoms with Gasteiger partial charge < -0.3 is 29.9 Å². The van der Waals surface area contributed by atoms with E-state index in [0.29, 0.717) is 12.2 Å². The Bertz CT molecular complexity index is 798. The number of carboxylic acids is 2. The van der Waals surface area contributed by atoms with Crippen LogP contribution in [0, 0.1) is 6.92 Å². The lowest BCUT2D eigenvalue weighted by Crippen LogP contribution is -2.03. The molecule has 0 unspecified atom stereocenters. The number of aromatic hydroxyl groups is 2. The highest BCUT2D eigenvalue weighted by Gasteiger charge is 2.14. The van der Waals surface area contributed by atoms with Crippen LogP contribution in [0.5, 0.6) is 23.0 Å². The number of carbonyl (C=O) groups is 2. The number of hydrogen-bond donors (Lipinski definition) is 4. The molecule has 4 N–H and O–H groups in total. The molecule has 0 aliphatic heterocycles. The lowest BCUT2D eigenvalue weighted by Gasteiger charge is -2.10.